The first-order valence-electron chi connectivity index (χ1n) is 10.2. The highest BCUT2D eigenvalue weighted by Crippen LogP contribution is 2.34. The zero-order valence-corrected chi connectivity index (χ0v) is 18.5. The fourth-order valence-electron chi connectivity index (χ4n) is 3.94. The maximum absolute atomic E-state index is 13.3. The van der Waals surface area contributed by atoms with Gasteiger partial charge in [-0.25, -0.2) is 8.42 Å². The maximum Gasteiger partial charge on any atom is 0.265 e. The van der Waals surface area contributed by atoms with Crippen LogP contribution in [0.1, 0.15) is 30.9 Å². The second kappa shape index (κ2) is 7.97. The lowest BCUT2D eigenvalue weighted by Gasteiger charge is -2.26. The van der Waals surface area contributed by atoms with Crippen molar-refractivity contribution in [3.05, 3.63) is 47.5 Å². The van der Waals surface area contributed by atoms with Gasteiger partial charge in [-0.1, -0.05) is 17.7 Å². The van der Waals surface area contributed by atoms with Crippen LogP contribution in [0.5, 0.6) is 5.75 Å². The molecule has 164 valence electrons. The predicted octanol–water partition coefficient (Wildman–Crippen LogP) is 2.81. The molecule has 0 spiro atoms. The molecule has 2 aliphatic rings. The zero-order valence-electron chi connectivity index (χ0n) is 17.6. The summed E-state index contributed by atoms with van der Waals surface area (Å²) in [7, 11) is -3.94. The summed E-state index contributed by atoms with van der Waals surface area (Å²) in [6.45, 7) is 5.74. The molecule has 2 heterocycles. The molecule has 31 heavy (non-hydrogen) atoms. The summed E-state index contributed by atoms with van der Waals surface area (Å²) < 4.78 is 33.4. The Morgan fingerprint density at radius 2 is 1.97 bits per heavy atom. The molecule has 0 aliphatic carbocycles. The largest absolute Gasteiger partial charge is 0.479 e. The van der Waals surface area contributed by atoms with Gasteiger partial charge in [0.15, 0.2) is 6.10 Å². The van der Waals surface area contributed by atoms with E-state index in [2.05, 4.69) is 10.6 Å². The fourth-order valence-corrected chi connectivity index (χ4v) is 5.63. The number of hydrogen-bond acceptors (Lipinski definition) is 5. The third-order valence-corrected chi connectivity index (χ3v) is 7.54. The number of carbonyl (C=O) groups is 2. The smallest absolute Gasteiger partial charge is 0.265 e. The molecular formula is C22H25N3O5S. The summed E-state index contributed by atoms with van der Waals surface area (Å²) in [6, 6.07) is 9.23. The van der Waals surface area contributed by atoms with Crippen LogP contribution in [0, 0.1) is 13.8 Å². The molecule has 0 saturated carbocycles. The average molecular weight is 444 g/mol. The van der Waals surface area contributed by atoms with E-state index in [9.17, 15) is 18.0 Å². The van der Waals surface area contributed by atoms with Gasteiger partial charge in [-0.05, 0) is 63.4 Å². The molecule has 2 aromatic carbocycles. The van der Waals surface area contributed by atoms with Crippen LogP contribution in [-0.4, -0.2) is 43.2 Å². The second-order valence-corrected chi connectivity index (χ2v) is 9.88. The van der Waals surface area contributed by atoms with E-state index in [-0.39, 0.29) is 23.3 Å². The summed E-state index contributed by atoms with van der Waals surface area (Å²) >= 11 is 0. The van der Waals surface area contributed by atoms with Gasteiger partial charge in [0.1, 0.15) is 11.8 Å². The van der Waals surface area contributed by atoms with Crippen molar-refractivity contribution in [3.63, 3.8) is 0 Å². The summed E-state index contributed by atoms with van der Waals surface area (Å²) in [5.41, 5.74) is 2.97. The van der Waals surface area contributed by atoms with Gasteiger partial charge < -0.3 is 15.4 Å². The van der Waals surface area contributed by atoms with E-state index in [0.717, 1.165) is 11.1 Å². The van der Waals surface area contributed by atoms with Crippen molar-refractivity contribution in [3.8, 4) is 5.75 Å². The number of ether oxygens (including phenoxy) is 1. The van der Waals surface area contributed by atoms with E-state index in [4.69, 9.17) is 4.74 Å². The van der Waals surface area contributed by atoms with Crippen LogP contribution < -0.4 is 15.4 Å². The zero-order chi connectivity index (χ0) is 22.3. The first kappa shape index (κ1) is 21.3. The Balaban J connectivity index is 1.58. The van der Waals surface area contributed by atoms with E-state index in [1.807, 2.05) is 32.0 Å². The first-order valence-corrected chi connectivity index (χ1v) is 11.6. The Kier molecular flexibility index (Phi) is 5.49. The third kappa shape index (κ3) is 4.03. The number of aryl methyl sites for hydroxylation is 2. The summed E-state index contributed by atoms with van der Waals surface area (Å²) in [5.74, 6) is -0.276. The highest BCUT2D eigenvalue weighted by Gasteiger charge is 2.40. The quantitative estimate of drug-likeness (QED) is 0.756. The number of rotatable bonds is 4. The summed E-state index contributed by atoms with van der Waals surface area (Å²) in [5, 5.41) is 5.54. The number of hydrogen-bond donors (Lipinski definition) is 2. The van der Waals surface area contributed by atoms with Crippen LogP contribution in [0.3, 0.4) is 0 Å². The number of benzene rings is 2. The molecule has 4 rings (SSSR count). The normalized spacial score (nSPS) is 21.2. The average Bonchev–Trinajstić information content (AvgIpc) is 3.21. The minimum Gasteiger partial charge on any atom is -0.479 e. The Hall–Kier alpha value is -2.91. The van der Waals surface area contributed by atoms with Gasteiger partial charge in [0, 0.05) is 12.2 Å². The highest BCUT2D eigenvalue weighted by molar-refractivity contribution is 7.89. The number of nitrogens with one attached hydrogen (secondary N) is 2. The Morgan fingerprint density at radius 1 is 1.19 bits per heavy atom. The minimum atomic E-state index is -3.94. The lowest BCUT2D eigenvalue weighted by molar-refractivity contribution is -0.122. The van der Waals surface area contributed by atoms with Gasteiger partial charge in [0.05, 0.1) is 10.6 Å². The van der Waals surface area contributed by atoms with Crippen LogP contribution in [-0.2, 0) is 19.6 Å². The maximum atomic E-state index is 13.3. The van der Waals surface area contributed by atoms with Gasteiger partial charge in [-0.2, -0.15) is 4.31 Å². The van der Waals surface area contributed by atoms with Crippen LogP contribution in [0.15, 0.2) is 41.3 Å². The number of sulfonamides is 1. The Bertz CT molecular complexity index is 1160. The topological polar surface area (TPSA) is 105 Å². The number of amides is 2. The van der Waals surface area contributed by atoms with Gasteiger partial charge in [0.25, 0.3) is 5.91 Å². The van der Waals surface area contributed by atoms with Gasteiger partial charge in [-0.15, -0.1) is 0 Å². The first-order chi connectivity index (χ1) is 14.7. The van der Waals surface area contributed by atoms with Crippen LogP contribution >= 0.6 is 0 Å². The fraction of sp³-hybridized carbons (Fsp3) is 0.364. The SMILES string of the molecule is Cc1ccc(NC(=O)[C@@H]2CCCN2S(=O)(=O)c2ccc3c(c2)NC(=O)[C@@H](C)O3)c(C)c1. The molecule has 2 amide bonds. The van der Waals surface area contributed by atoms with Crippen LogP contribution in [0.25, 0.3) is 0 Å². The van der Waals surface area contributed by atoms with E-state index >= 15 is 0 Å². The van der Waals surface area contributed by atoms with Crippen LogP contribution in [0.2, 0.25) is 0 Å². The Morgan fingerprint density at radius 3 is 2.71 bits per heavy atom. The van der Waals surface area contributed by atoms with Crippen molar-refractivity contribution in [2.24, 2.45) is 0 Å². The van der Waals surface area contributed by atoms with Crippen molar-refractivity contribution < 1.29 is 22.7 Å². The van der Waals surface area contributed by atoms with E-state index in [1.54, 1.807) is 6.92 Å². The number of fused-ring (bicyclic) bond motifs is 1. The van der Waals surface area contributed by atoms with E-state index < -0.39 is 22.2 Å². The molecule has 2 atom stereocenters. The van der Waals surface area contributed by atoms with E-state index in [0.29, 0.717) is 30.0 Å². The summed E-state index contributed by atoms with van der Waals surface area (Å²) in [4.78, 5) is 24.9. The van der Waals surface area contributed by atoms with Crippen molar-refractivity contribution >= 4 is 33.2 Å². The monoisotopic (exact) mass is 443 g/mol. The molecule has 0 bridgehead atoms. The molecule has 8 nitrogen and oxygen atoms in total. The lowest BCUT2D eigenvalue weighted by atomic mass is 10.1. The molecule has 1 fully saturated rings. The third-order valence-electron chi connectivity index (χ3n) is 5.63. The molecule has 2 aliphatic heterocycles. The molecule has 9 heteroatoms. The van der Waals surface area contributed by atoms with Gasteiger partial charge in [0.2, 0.25) is 15.9 Å². The minimum absolute atomic E-state index is 0.0101. The highest BCUT2D eigenvalue weighted by atomic mass is 32.2. The molecule has 0 aromatic heterocycles. The van der Waals surface area contributed by atoms with Crippen molar-refractivity contribution in [1.29, 1.82) is 0 Å². The Labute approximate surface area is 181 Å². The molecule has 2 aromatic rings. The molecule has 1 saturated heterocycles. The summed E-state index contributed by atoms with van der Waals surface area (Å²) in [6.07, 6.45) is 0.386. The van der Waals surface area contributed by atoms with Crippen molar-refractivity contribution in [2.45, 2.75) is 50.7 Å². The van der Waals surface area contributed by atoms with Gasteiger partial charge in [-0.3, -0.25) is 9.59 Å². The number of nitrogens with zero attached hydrogens (tertiary/aromatic N) is 1. The number of carbonyl (C=O) groups excluding carboxylic acids is 2. The predicted molar refractivity (Wildman–Crippen MR) is 117 cm³/mol. The lowest BCUT2D eigenvalue weighted by Crippen LogP contribution is -2.43. The number of anilines is 2. The van der Waals surface area contributed by atoms with Gasteiger partial charge >= 0.3 is 0 Å². The second-order valence-electron chi connectivity index (χ2n) is 7.99. The van der Waals surface area contributed by atoms with Crippen LogP contribution in [0.4, 0.5) is 11.4 Å². The molecular weight excluding hydrogens is 418 g/mol. The van der Waals surface area contributed by atoms with Crippen molar-refractivity contribution in [1.82, 2.24) is 4.31 Å². The van der Waals surface area contributed by atoms with E-state index in [1.165, 1.54) is 22.5 Å². The molecule has 2 N–H and O–H groups in total. The molecule has 0 unspecified atom stereocenters. The standard InChI is InChI=1S/C22H25N3O5S/c1-13-6-8-17(14(2)11-13)23-22(27)19-5-4-10-25(19)31(28,29)16-7-9-20-18(12-16)24-21(26)15(3)30-20/h6-9,11-12,15,19H,4-5,10H2,1-3H3,(H,23,27)(H,24,26)/t15-,19+/m1/s1. The molecule has 0 radical (unpaired) electrons. The van der Waals surface area contributed by atoms with Crippen molar-refractivity contribution in [2.75, 3.05) is 17.2 Å².